The van der Waals surface area contributed by atoms with Gasteiger partial charge in [-0.25, -0.2) is 8.42 Å². The molecule has 4 nitrogen and oxygen atoms in total. The summed E-state index contributed by atoms with van der Waals surface area (Å²) in [4.78, 5) is -0.274. The zero-order chi connectivity index (χ0) is 18.0. The van der Waals surface area contributed by atoms with Crippen molar-refractivity contribution < 1.29 is 21.6 Å². The molecule has 10 heteroatoms. The van der Waals surface area contributed by atoms with Crippen molar-refractivity contribution in [3.63, 3.8) is 0 Å². The van der Waals surface area contributed by atoms with Gasteiger partial charge in [0.25, 0.3) is 0 Å². The number of sulfonamides is 1. The van der Waals surface area contributed by atoms with Gasteiger partial charge in [-0.15, -0.1) is 12.4 Å². The number of alkyl halides is 3. The van der Waals surface area contributed by atoms with Crippen LogP contribution >= 0.6 is 24.0 Å². The number of nitrogens with one attached hydrogen (secondary N) is 1. The lowest BCUT2D eigenvalue weighted by atomic mass is 10.1. The van der Waals surface area contributed by atoms with Crippen LogP contribution in [0.5, 0.6) is 0 Å². The predicted octanol–water partition coefficient (Wildman–Crippen LogP) is 3.93. The Morgan fingerprint density at radius 3 is 2.36 bits per heavy atom. The molecular weight excluding hydrogens is 400 g/mol. The summed E-state index contributed by atoms with van der Waals surface area (Å²) >= 11 is 5.88. The maximum Gasteiger partial charge on any atom is 0.416 e. The Morgan fingerprint density at radius 2 is 1.88 bits per heavy atom. The van der Waals surface area contributed by atoms with E-state index in [9.17, 15) is 21.6 Å². The number of nitrogens with zero attached hydrogens (tertiary/aromatic N) is 1. The number of benzene rings is 1. The summed E-state index contributed by atoms with van der Waals surface area (Å²) in [6, 6.07) is 2.20. The first kappa shape index (κ1) is 22.5. The van der Waals surface area contributed by atoms with Gasteiger partial charge in [0.1, 0.15) is 4.90 Å². The molecule has 1 aromatic carbocycles. The molecule has 0 bridgehead atoms. The number of piperidine rings is 1. The summed E-state index contributed by atoms with van der Waals surface area (Å²) in [5, 5.41) is 2.76. The van der Waals surface area contributed by atoms with E-state index in [0.717, 1.165) is 12.1 Å². The molecule has 0 unspecified atom stereocenters. The van der Waals surface area contributed by atoms with Crippen molar-refractivity contribution in [3.05, 3.63) is 28.8 Å². The molecule has 0 aromatic heterocycles. The minimum Gasteiger partial charge on any atom is -0.317 e. The fourth-order valence-corrected chi connectivity index (χ4v) is 5.12. The van der Waals surface area contributed by atoms with Crippen LogP contribution in [0.15, 0.2) is 23.1 Å². The van der Waals surface area contributed by atoms with Gasteiger partial charge < -0.3 is 5.32 Å². The highest BCUT2D eigenvalue weighted by molar-refractivity contribution is 7.89. The summed E-state index contributed by atoms with van der Waals surface area (Å²) in [6.07, 6.45) is -2.62. The molecule has 0 amide bonds. The van der Waals surface area contributed by atoms with Gasteiger partial charge in [-0.2, -0.15) is 17.5 Å². The molecule has 25 heavy (non-hydrogen) atoms. The average Bonchev–Trinajstić information content (AvgIpc) is 2.52. The smallest absolute Gasteiger partial charge is 0.317 e. The number of hydrogen-bond donors (Lipinski definition) is 1. The van der Waals surface area contributed by atoms with E-state index in [4.69, 9.17) is 11.6 Å². The van der Waals surface area contributed by atoms with Gasteiger partial charge in [0, 0.05) is 12.6 Å². The first-order chi connectivity index (χ1) is 11.2. The van der Waals surface area contributed by atoms with E-state index in [1.807, 2.05) is 6.92 Å². The summed E-state index contributed by atoms with van der Waals surface area (Å²) in [5.74, 6) is 0. The first-order valence-corrected chi connectivity index (χ1v) is 9.59. The average molecular weight is 421 g/mol. The van der Waals surface area contributed by atoms with Crippen LogP contribution in [-0.4, -0.2) is 38.4 Å². The molecule has 0 radical (unpaired) electrons. The molecule has 1 aliphatic heterocycles. The van der Waals surface area contributed by atoms with Crippen LogP contribution in [0.4, 0.5) is 13.2 Å². The fourth-order valence-electron chi connectivity index (χ4n) is 2.83. The summed E-state index contributed by atoms with van der Waals surface area (Å²) in [5.41, 5.74) is -0.963. The van der Waals surface area contributed by atoms with Gasteiger partial charge >= 0.3 is 6.18 Å². The summed E-state index contributed by atoms with van der Waals surface area (Å²) < 4.78 is 65.5. The number of halogens is 5. The molecule has 0 spiro atoms. The maximum absolute atomic E-state index is 12.9. The van der Waals surface area contributed by atoms with Gasteiger partial charge in [-0.1, -0.05) is 18.5 Å². The molecule has 1 aliphatic rings. The van der Waals surface area contributed by atoms with Crippen LogP contribution in [0.3, 0.4) is 0 Å². The third-order valence-corrected chi connectivity index (χ3v) is 6.44. The van der Waals surface area contributed by atoms with Gasteiger partial charge in [-0.05, 0) is 50.6 Å². The first-order valence-electron chi connectivity index (χ1n) is 7.77. The van der Waals surface area contributed by atoms with Crippen molar-refractivity contribution in [2.45, 2.75) is 43.3 Å². The minimum atomic E-state index is -4.57. The Labute approximate surface area is 157 Å². The molecule has 0 aliphatic carbocycles. The zero-order valence-corrected chi connectivity index (χ0v) is 16.0. The molecule has 0 atom stereocenters. The largest absolute Gasteiger partial charge is 0.416 e. The Bertz CT molecular complexity index is 678. The van der Waals surface area contributed by atoms with Gasteiger partial charge in [0.2, 0.25) is 10.0 Å². The molecule has 144 valence electrons. The third kappa shape index (κ3) is 5.23. The van der Waals surface area contributed by atoms with Crippen molar-refractivity contribution in [1.82, 2.24) is 9.62 Å². The van der Waals surface area contributed by atoms with E-state index in [-0.39, 0.29) is 23.3 Å². The standard InChI is InChI=1S/C15H20ClF3N2O2S.ClH/c1-2-9-21(12-5-7-20-8-6-12)24(22,23)14-4-3-11(10-13(14)16)15(17,18)19;/h3-4,10,12,20H,2,5-9H2,1H3;1H. The second-order valence-corrected chi connectivity index (χ2v) is 8.01. The maximum atomic E-state index is 12.9. The van der Waals surface area contributed by atoms with E-state index in [1.54, 1.807) is 0 Å². The van der Waals surface area contributed by atoms with E-state index >= 15 is 0 Å². The Hall–Kier alpha value is -0.540. The monoisotopic (exact) mass is 420 g/mol. The Balaban J connectivity index is 0.00000312. The highest BCUT2D eigenvalue weighted by Crippen LogP contribution is 2.35. The van der Waals surface area contributed by atoms with Gasteiger partial charge in [0.05, 0.1) is 10.6 Å². The lowest BCUT2D eigenvalue weighted by Crippen LogP contribution is -2.46. The van der Waals surface area contributed by atoms with Crippen LogP contribution in [0.2, 0.25) is 5.02 Å². The van der Waals surface area contributed by atoms with E-state index in [0.29, 0.717) is 45.0 Å². The van der Waals surface area contributed by atoms with E-state index in [2.05, 4.69) is 5.32 Å². The lowest BCUT2D eigenvalue weighted by Gasteiger charge is -2.33. The second kappa shape index (κ2) is 8.90. The second-order valence-electron chi connectivity index (χ2n) is 5.74. The molecular formula is C15H21Cl2F3N2O2S. The molecule has 1 N–H and O–H groups in total. The fraction of sp³-hybridized carbons (Fsp3) is 0.600. The molecule has 1 fully saturated rings. The van der Waals surface area contributed by atoms with Crippen LogP contribution in [-0.2, 0) is 16.2 Å². The number of rotatable bonds is 5. The minimum absolute atomic E-state index is 0. The van der Waals surface area contributed by atoms with E-state index < -0.39 is 26.8 Å². The lowest BCUT2D eigenvalue weighted by molar-refractivity contribution is -0.137. The van der Waals surface area contributed by atoms with E-state index in [1.165, 1.54) is 4.31 Å². The predicted molar refractivity (Wildman–Crippen MR) is 93.8 cm³/mol. The van der Waals surface area contributed by atoms with Crippen LogP contribution in [0, 0.1) is 0 Å². The molecule has 1 aromatic rings. The molecule has 2 rings (SSSR count). The highest BCUT2D eigenvalue weighted by Gasteiger charge is 2.35. The molecule has 0 saturated carbocycles. The zero-order valence-electron chi connectivity index (χ0n) is 13.6. The van der Waals surface area contributed by atoms with Crippen molar-refractivity contribution in [2.75, 3.05) is 19.6 Å². The normalized spacial score (nSPS) is 16.7. The highest BCUT2D eigenvalue weighted by atomic mass is 35.5. The third-order valence-electron chi connectivity index (χ3n) is 4.01. The van der Waals surface area contributed by atoms with Crippen LogP contribution in [0.25, 0.3) is 0 Å². The van der Waals surface area contributed by atoms with Crippen molar-refractivity contribution in [3.8, 4) is 0 Å². The van der Waals surface area contributed by atoms with Gasteiger partial charge in [-0.3, -0.25) is 0 Å². The number of hydrogen-bond acceptors (Lipinski definition) is 3. The van der Waals surface area contributed by atoms with Gasteiger partial charge in [0.15, 0.2) is 0 Å². The van der Waals surface area contributed by atoms with Crippen LogP contribution < -0.4 is 5.32 Å². The molecule has 1 saturated heterocycles. The van der Waals surface area contributed by atoms with Crippen molar-refractivity contribution >= 4 is 34.0 Å². The van der Waals surface area contributed by atoms with Crippen LogP contribution in [0.1, 0.15) is 31.7 Å². The topological polar surface area (TPSA) is 49.4 Å². The quantitative estimate of drug-likeness (QED) is 0.784. The summed E-state index contributed by atoms with van der Waals surface area (Å²) in [6.45, 7) is 3.59. The Morgan fingerprint density at radius 1 is 1.28 bits per heavy atom. The van der Waals surface area contributed by atoms with Crippen molar-refractivity contribution in [1.29, 1.82) is 0 Å². The summed E-state index contributed by atoms with van der Waals surface area (Å²) in [7, 11) is -3.95. The SMILES string of the molecule is CCCN(C1CCNCC1)S(=O)(=O)c1ccc(C(F)(F)F)cc1Cl.Cl. The van der Waals surface area contributed by atoms with Crippen molar-refractivity contribution in [2.24, 2.45) is 0 Å². The molecule has 1 heterocycles. The Kier molecular flexibility index (Phi) is 8.01.